The Kier molecular flexibility index (Phi) is 3.95. The van der Waals surface area contributed by atoms with Crippen LogP contribution in [0.4, 0.5) is 0 Å². The van der Waals surface area contributed by atoms with Crippen LogP contribution in [-0.4, -0.2) is 28.1 Å². The Bertz CT molecular complexity index is 302. The standard InChI is InChI=1S/C9H14ClN3O/c1-7-5-8(12-13(7)2)3-4-11-9(14)6-10/h5H,3-4,6H2,1-2H3,(H,11,14). The van der Waals surface area contributed by atoms with Gasteiger partial charge in [-0.05, 0) is 13.0 Å². The molecule has 1 N–H and O–H groups in total. The maximum absolute atomic E-state index is 10.8. The molecule has 0 aliphatic carbocycles. The number of alkyl halides is 1. The lowest BCUT2D eigenvalue weighted by Crippen LogP contribution is -2.26. The van der Waals surface area contributed by atoms with Crippen LogP contribution in [0.3, 0.4) is 0 Å². The van der Waals surface area contributed by atoms with Crippen molar-refractivity contribution < 1.29 is 4.79 Å². The van der Waals surface area contributed by atoms with E-state index in [1.807, 2.05) is 24.7 Å². The lowest BCUT2D eigenvalue weighted by Gasteiger charge is -1.99. The van der Waals surface area contributed by atoms with Crippen molar-refractivity contribution in [2.24, 2.45) is 7.05 Å². The highest BCUT2D eigenvalue weighted by molar-refractivity contribution is 6.27. The molecule has 5 heteroatoms. The third-order valence-corrected chi connectivity index (χ3v) is 2.23. The van der Waals surface area contributed by atoms with Gasteiger partial charge in [-0.2, -0.15) is 5.10 Å². The summed E-state index contributed by atoms with van der Waals surface area (Å²) in [6, 6.07) is 2.01. The molecule has 0 radical (unpaired) electrons. The third kappa shape index (κ3) is 3.03. The van der Waals surface area contributed by atoms with E-state index in [-0.39, 0.29) is 11.8 Å². The molecule has 1 aromatic rings. The topological polar surface area (TPSA) is 46.9 Å². The van der Waals surface area contributed by atoms with Crippen molar-refractivity contribution in [2.45, 2.75) is 13.3 Å². The number of carbonyl (C=O) groups is 1. The van der Waals surface area contributed by atoms with Crippen LogP contribution in [-0.2, 0) is 18.3 Å². The fourth-order valence-corrected chi connectivity index (χ4v) is 1.23. The van der Waals surface area contributed by atoms with Crippen molar-refractivity contribution in [3.8, 4) is 0 Å². The second kappa shape index (κ2) is 5.00. The molecule has 0 atom stereocenters. The maximum atomic E-state index is 10.8. The van der Waals surface area contributed by atoms with E-state index in [4.69, 9.17) is 11.6 Å². The van der Waals surface area contributed by atoms with Gasteiger partial charge in [0.15, 0.2) is 0 Å². The number of nitrogens with one attached hydrogen (secondary N) is 1. The van der Waals surface area contributed by atoms with E-state index >= 15 is 0 Å². The number of aromatic nitrogens is 2. The molecule has 0 bridgehead atoms. The summed E-state index contributed by atoms with van der Waals surface area (Å²) < 4.78 is 1.82. The van der Waals surface area contributed by atoms with Gasteiger partial charge in [-0.15, -0.1) is 11.6 Å². The van der Waals surface area contributed by atoms with Crippen LogP contribution in [0.1, 0.15) is 11.4 Å². The highest BCUT2D eigenvalue weighted by atomic mass is 35.5. The highest BCUT2D eigenvalue weighted by Gasteiger charge is 2.02. The summed E-state index contributed by atoms with van der Waals surface area (Å²) in [4.78, 5) is 10.8. The minimum absolute atomic E-state index is 0.0151. The first-order chi connectivity index (χ1) is 6.63. The molecule has 0 unspecified atom stereocenters. The zero-order valence-electron chi connectivity index (χ0n) is 8.38. The number of carbonyl (C=O) groups excluding carboxylic acids is 1. The molecule has 0 spiro atoms. The van der Waals surface area contributed by atoms with Gasteiger partial charge in [0.2, 0.25) is 5.91 Å². The SMILES string of the molecule is Cc1cc(CCNC(=O)CCl)nn1C. The molecule has 0 saturated heterocycles. The van der Waals surface area contributed by atoms with Crippen LogP contribution in [0.5, 0.6) is 0 Å². The van der Waals surface area contributed by atoms with Crippen molar-refractivity contribution in [3.63, 3.8) is 0 Å². The number of nitrogens with zero attached hydrogens (tertiary/aromatic N) is 2. The van der Waals surface area contributed by atoms with Gasteiger partial charge in [0, 0.05) is 25.7 Å². The van der Waals surface area contributed by atoms with Crippen LogP contribution in [0.25, 0.3) is 0 Å². The minimum atomic E-state index is -0.140. The molecular weight excluding hydrogens is 202 g/mol. The second-order valence-corrected chi connectivity index (χ2v) is 3.40. The molecule has 1 amide bonds. The molecule has 4 nitrogen and oxygen atoms in total. The average molecular weight is 216 g/mol. The molecular formula is C9H14ClN3O. The minimum Gasteiger partial charge on any atom is -0.355 e. The van der Waals surface area contributed by atoms with Gasteiger partial charge in [0.25, 0.3) is 0 Å². The Morgan fingerprint density at radius 2 is 2.43 bits per heavy atom. The van der Waals surface area contributed by atoms with Crippen molar-refractivity contribution in [3.05, 3.63) is 17.5 Å². The summed E-state index contributed by atoms with van der Waals surface area (Å²) in [6.07, 6.45) is 0.740. The fraction of sp³-hybridized carbons (Fsp3) is 0.556. The van der Waals surface area contributed by atoms with Gasteiger partial charge in [-0.25, -0.2) is 0 Å². The number of halogens is 1. The molecule has 14 heavy (non-hydrogen) atoms. The monoisotopic (exact) mass is 215 g/mol. The van der Waals surface area contributed by atoms with Crippen molar-refractivity contribution >= 4 is 17.5 Å². The predicted octanol–water partition coefficient (Wildman–Crippen LogP) is 0.626. The Balaban J connectivity index is 2.35. The van der Waals surface area contributed by atoms with Crippen molar-refractivity contribution in [1.82, 2.24) is 15.1 Å². The maximum Gasteiger partial charge on any atom is 0.234 e. The molecule has 78 valence electrons. The number of amides is 1. The Morgan fingerprint density at radius 3 is 2.93 bits per heavy atom. The highest BCUT2D eigenvalue weighted by Crippen LogP contribution is 2.00. The van der Waals surface area contributed by atoms with Gasteiger partial charge in [0.05, 0.1) is 5.69 Å². The number of hydrogen-bond acceptors (Lipinski definition) is 2. The summed E-state index contributed by atoms with van der Waals surface area (Å²) in [7, 11) is 1.90. The first-order valence-corrected chi connectivity index (χ1v) is 4.99. The smallest absolute Gasteiger partial charge is 0.234 e. The molecule has 0 fully saturated rings. The van der Waals surface area contributed by atoms with Gasteiger partial charge in [0.1, 0.15) is 5.88 Å². The summed E-state index contributed by atoms with van der Waals surface area (Å²) in [5, 5.41) is 6.95. The number of rotatable bonds is 4. The lowest BCUT2D eigenvalue weighted by atomic mass is 10.3. The first-order valence-electron chi connectivity index (χ1n) is 4.45. The van der Waals surface area contributed by atoms with E-state index in [0.717, 1.165) is 17.8 Å². The van der Waals surface area contributed by atoms with E-state index in [9.17, 15) is 4.79 Å². The van der Waals surface area contributed by atoms with Crippen LogP contribution in [0.2, 0.25) is 0 Å². The van der Waals surface area contributed by atoms with E-state index in [0.29, 0.717) is 6.54 Å². The first kappa shape index (κ1) is 11.0. The third-order valence-electron chi connectivity index (χ3n) is 1.99. The largest absolute Gasteiger partial charge is 0.355 e. The molecule has 1 heterocycles. The van der Waals surface area contributed by atoms with E-state index in [1.165, 1.54) is 0 Å². The summed E-state index contributed by atoms with van der Waals surface area (Å²) in [5.74, 6) is -0.124. The number of aryl methyl sites for hydroxylation is 2. The zero-order valence-corrected chi connectivity index (χ0v) is 9.14. The number of hydrogen-bond donors (Lipinski definition) is 1. The molecule has 1 rings (SSSR count). The van der Waals surface area contributed by atoms with Gasteiger partial charge < -0.3 is 5.32 Å². The van der Waals surface area contributed by atoms with Crippen LogP contribution in [0.15, 0.2) is 6.07 Å². The lowest BCUT2D eigenvalue weighted by molar-refractivity contribution is -0.118. The van der Waals surface area contributed by atoms with E-state index in [2.05, 4.69) is 10.4 Å². The van der Waals surface area contributed by atoms with Gasteiger partial charge in [-0.1, -0.05) is 0 Å². The molecule has 0 saturated carbocycles. The van der Waals surface area contributed by atoms with Gasteiger partial charge >= 0.3 is 0 Å². The summed E-state index contributed by atoms with van der Waals surface area (Å²) in [5.41, 5.74) is 2.10. The Hall–Kier alpha value is -1.03. The van der Waals surface area contributed by atoms with Crippen LogP contribution in [0, 0.1) is 6.92 Å². The zero-order chi connectivity index (χ0) is 10.6. The summed E-state index contributed by atoms with van der Waals surface area (Å²) >= 11 is 5.33. The average Bonchev–Trinajstić information content (AvgIpc) is 2.46. The van der Waals surface area contributed by atoms with Crippen LogP contribution < -0.4 is 5.32 Å². The molecule has 0 aromatic carbocycles. The summed E-state index contributed by atoms with van der Waals surface area (Å²) in [6.45, 7) is 2.58. The molecule has 0 aliphatic heterocycles. The quantitative estimate of drug-likeness (QED) is 0.749. The van der Waals surface area contributed by atoms with Crippen molar-refractivity contribution in [2.75, 3.05) is 12.4 Å². The van der Waals surface area contributed by atoms with Crippen LogP contribution >= 0.6 is 11.6 Å². The predicted molar refractivity (Wildman–Crippen MR) is 55.4 cm³/mol. The second-order valence-electron chi connectivity index (χ2n) is 3.13. The Morgan fingerprint density at radius 1 is 1.71 bits per heavy atom. The van der Waals surface area contributed by atoms with E-state index in [1.54, 1.807) is 0 Å². The fourth-order valence-electron chi connectivity index (χ4n) is 1.13. The van der Waals surface area contributed by atoms with E-state index < -0.39 is 0 Å². The molecule has 0 aliphatic rings. The van der Waals surface area contributed by atoms with Gasteiger partial charge in [-0.3, -0.25) is 9.48 Å². The van der Waals surface area contributed by atoms with Crippen molar-refractivity contribution in [1.29, 1.82) is 0 Å². The normalized spacial score (nSPS) is 10.2. The molecule has 1 aromatic heterocycles. The Labute approximate surface area is 88.2 Å².